The van der Waals surface area contributed by atoms with Gasteiger partial charge in [0.05, 0.1) is 5.01 Å². The van der Waals surface area contributed by atoms with E-state index in [2.05, 4.69) is 17.2 Å². The Hall–Kier alpha value is -0.940. The number of carbonyl (C=O) groups excluding carboxylic acids is 1. The van der Waals surface area contributed by atoms with Crippen molar-refractivity contribution in [3.8, 4) is 0 Å². The number of aryl methyl sites for hydroxylation is 1. The third kappa shape index (κ3) is 2.18. The predicted octanol–water partition coefficient (Wildman–Crippen LogP) is 0.885. The third-order valence-electron chi connectivity index (χ3n) is 2.60. The Morgan fingerprint density at radius 1 is 1.73 bits per heavy atom. The highest BCUT2D eigenvalue weighted by Crippen LogP contribution is 2.13. The highest BCUT2D eigenvalue weighted by Gasteiger charge is 2.25. The van der Waals surface area contributed by atoms with Crippen LogP contribution >= 0.6 is 11.3 Å². The molecule has 2 heterocycles. The standard InChI is InChI=1S/C10H15N3OS/c1-7-5-11-3-4-13(7)10(14)9-6-15-8(2)12-9/h6-7,11H,3-5H2,1-2H3. The van der Waals surface area contributed by atoms with Crippen LogP contribution in [0, 0.1) is 6.92 Å². The quantitative estimate of drug-likeness (QED) is 0.772. The highest BCUT2D eigenvalue weighted by atomic mass is 32.1. The van der Waals surface area contributed by atoms with Gasteiger partial charge in [0.15, 0.2) is 0 Å². The Labute approximate surface area is 93.3 Å². The summed E-state index contributed by atoms with van der Waals surface area (Å²) in [5, 5.41) is 6.05. The summed E-state index contributed by atoms with van der Waals surface area (Å²) in [6.07, 6.45) is 0. The van der Waals surface area contributed by atoms with E-state index in [1.165, 1.54) is 11.3 Å². The summed E-state index contributed by atoms with van der Waals surface area (Å²) in [4.78, 5) is 18.2. The Balaban J connectivity index is 2.13. The molecule has 0 saturated carbocycles. The van der Waals surface area contributed by atoms with E-state index in [-0.39, 0.29) is 11.9 Å². The lowest BCUT2D eigenvalue weighted by Crippen LogP contribution is -2.52. The second-order valence-corrected chi connectivity index (χ2v) is 4.87. The summed E-state index contributed by atoms with van der Waals surface area (Å²) in [6, 6.07) is 0.258. The van der Waals surface area contributed by atoms with E-state index in [1.54, 1.807) is 0 Å². The first-order valence-electron chi connectivity index (χ1n) is 5.12. The molecule has 1 aromatic rings. The molecule has 15 heavy (non-hydrogen) atoms. The van der Waals surface area contributed by atoms with Crippen molar-refractivity contribution in [2.24, 2.45) is 0 Å². The van der Waals surface area contributed by atoms with E-state index in [0.717, 1.165) is 24.6 Å². The Bertz CT molecular complexity index is 363. The fraction of sp³-hybridized carbons (Fsp3) is 0.600. The molecule has 0 spiro atoms. The van der Waals surface area contributed by atoms with E-state index in [0.29, 0.717) is 5.69 Å². The molecule has 1 aromatic heterocycles. The Kier molecular flexibility index (Phi) is 3.02. The second-order valence-electron chi connectivity index (χ2n) is 3.80. The first kappa shape index (κ1) is 10.6. The van der Waals surface area contributed by atoms with Crippen molar-refractivity contribution < 1.29 is 4.79 Å². The molecule has 1 saturated heterocycles. The molecule has 1 amide bonds. The Morgan fingerprint density at radius 2 is 2.53 bits per heavy atom. The van der Waals surface area contributed by atoms with E-state index < -0.39 is 0 Å². The fourth-order valence-electron chi connectivity index (χ4n) is 1.75. The van der Waals surface area contributed by atoms with Crippen LogP contribution in [-0.4, -0.2) is 41.5 Å². The molecule has 82 valence electrons. The third-order valence-corrected chi connectivity index (χ3v) is 3.37. The lowest BCUT2D eigenvalue weighted by Gasteiger charge is -2.33. The number of nitrogens with one attached hydrogen (secondary N) is 1. The molecule has 0 aromatic carbocycles. The van der Waals surface area contributed by atoms with Gasteiger partial charge in [-0.25, -0.2) is 4.98 Å². The molecule has 0 aliphatic carbocycles. The number of piperazine rings is 1. The number of amides is 1. The van der Waals surface area contributed by atoms with Crippen LogP contribution in [0.4, 0.5) is 0 Å². The van der Waals surface area contributed by atoms with Gasteiger partial charge in [0.1, 0.15) is 5.69 Å². The van der Waals surface area contributed by atoms with Crippen molar-refractivity contribution in [1.29, 1.82) is 0 Å². The summed E-state index contributed by atoms with van der Waals surface area (Å²) >= 11 is 1.52. The molecule has 1 N–H and O–H groups in total. The van der Waals surface area contributed by atoms with Crippen LogP contribution in [0.15, 0.2) is 5.38 Å². The zero-order valence-electron chi connectivity index (χ0n) is 8.99. The van der Waals surface area contributed by atoms with Crippen molar-refractivity contribution in [2.45, 2.75) is 19.9 Å². The van der Waals surface area contributed by atoms with Gasteiger partial charge < -0.3 is 10.2 Å². The number of carbonyl (C=O) groups is 1. The number of rotatable bonds is 1. The SMILES string of the molecule is Cc1nc(C(=O)N2CCNCC2C)cs1. The maximum Gasteiger partial charge on any atom is 0.273 e. The molecule has 2 rings (SSSR count). The molecular formula is C10H15N3OS. The lowest BCUT2D eigenvalue weighted by atomic mass is 10.2. The van der Waals surface area contributed by atoms with Crippen LogP contribution in [-0.2, 0) is 0 Å². The molecule has 1 fully saturated rings. The van der Waals surface area contributed by atoms with E-state index in [1.807, 2.05) is 17.2 Å². The summed E-state index contributed by atoms with van der Waals surface area (Å²) in [5.74, 6) is 0.0633. The maximum atomic E-state index is 12.1. The minimum absolute atomic E-state index is 0.0633. The predicted molar refractivity (Wildman–Crippen MR) is 60.2 cm³/mol. The average Bonchev–Trinajstić information content (AvgIpc) is 2.65. The summed E-state index contributed by atoms with van der Waals surface area (Å²) in [6.45, 7) is 6.50. The van der Waals surface area contributed by atoms with Gasteiger partial charge >= 0.3 is 0 Å². The first-order valence-corrected chi connectivity index (χ1v) is 6.00. The molecule has 0 bridgehead atoms. The second kappa shape index (κ2) is 4.28. The molecule has 1 aliphatic rings. The Morgan fingerprint density at radius 3 is 3.13 bits per heavy atom. The van der Waals surface area contributed by atoms with Gasteiger partial charge in [-0.05, 0) is 13.8 Å². The van der Waals surface area contributed by atoms with Gasteiger partial charge in [0.25, 0.3) is 5.91 Å². The van der Waals surface area contributed by atoms with Crippen molar-refractivity contribution >= 4 is 17.2 Å². The van der Waals surface area contributed by atoms with Crippen molar-refractivity contribution in [2.75, 3.05) is 19.6 Å². The molecule has 1 unspecified atom stereocenters. The van der Waals surface area contributed by atoms with E-state index in [9.17, 15) is 4.79 Å². The minimum atomic E-state index is 0.0633. The minimum Gasteiger partial charge on any atom is -0.332 e. The molecule has 4 nitrogen and oxygen atoms in total. The van der Waals surface area contributed by atoms with Crippen LogP contribution in [0.25, 0.3) is 0 Å². The number of nitrogens with zero attached hydrogens (tertiary/aromatic N) is 2. The van der Waals surface area contributed by atoms with Gasteiger partial charge in [-0.1, -0.05) is 0 Å². The first-order chi connectivity index (χ1) is 7.18. The number of thiazole rings is 1. The summed E-state index contributed by atoms with van der Waals surface area (Å²) in [7, 11) is 0. The van der Waals surface area contributed by atoms with Crippen LogP contribution in [0.2, 0.25) is 0 Å². The van der Waals surface area contributed by atoms with Crippen molar-refractivity contribution in [3.63, 3.8) is 0 Å². The van der Waals surface area contributed by atoms with Gasteiger partial charge in [0, 0.05) is 31.1 Å². The average molecular weight is 225 g/mol. The lowest BCUT2D eigenvalue weighted by molar-refractivity contribution is 0.0650. The highest BCUT2D eigenvalue weighted by molar-refractivity contribution is 7.09. The number of hydrogen-bond donors (Lipinski definition) is 1. The molecule has 0 radical (unpaired) electrons. The smallest absolute Gasteiger partial charge is 0.273 e. The summed E-state index contributed by atoms with van der Waals surface area (Å²) < 4.78 is 0. The van der Waals surface area contributed by atoms with Crippen LogP contribution in [0.3, 0.4) is 0 Å². The normalized spacial score (nSPS) is 21.7. The van der Waals surface area contributed by atoms with Crippen molar-refractivity contribution in [1.82, 2.24) is 15.2 Å². The maximum absolute atomic E-state index is 12.1. The van der Waals surface area contributed by atoms with E-state index in [4.69, 9.17) is 0 Å². The van der Waals surface area contributed by atoms with Crippen LogP contribution in [0.5, 0.6) is 0 Å². The van der Waals surface area contributed by atoms with E-state index >= 15 is 0 Å². The van der Waals surface area contributed by atoms with Gasteiger partial charge in [0.2, 0.25) is 0 Å². The number of hydrogen-bond acceptors (Lipinski definition) is 4. The molecule has 5 heteroatoms. The van der Waals surface area contributed by atoms with Crippen LogP contribution in [0.1, 0.15) is 22.4 Å². The van der Waals surface area contributed by atoms with Gasteiger partial charge in [-0.2, -0.15) is 0 Å². The molecule has 1 aliphatic heterocycles. The zero-order valence-corrected chi connectivity index (χ0v) is 9.80. The van der Waals surface area contributed by atoms with Gasteiger partial charge in [-0.15, -0.1) is 11.3 Å². The topological polar surface area (TPSA) is 45.2 Å². The van der Waals surface area contributed by atoms with Crippen LogP contribution < -0.4 is 5.32 Å². The zero-order chi connectivity index (χ0) is 10.8. The monoisotopic (exact) mass is 225 g/mol. The summed E-state index contributed by atoms with van der Waals surface area (Å²) in [5.41, 5.74) is 0.589. The van der Waals surface area contributed by atoms with Crippen molar-refractivity contribution in [3.05, 3.63) is 16.1 Å². The fourth-order valence-corrected chi connectivity index (χ4v) is 2.34. The number of aromatic nitrogens is 1. The van der Waals surface area contributed by atoms with Gasteiger partial charge in [-0.3, -0.25) is 4.79 Å². The molecule has 1 atom stereocenters. The largest absolute Gasteiger partial charge is 0.332 e. The molecular weight excluding hydrogens is 210 g/mol.